The van der Waals surface area contributed by atoms with E-state index < -0.39 is 0 Å². The molecule has 0 fully saturated rings. The molecule has 0 radical (unpaired) electrons. The molecule has 1 nitrogen and oxygen atoms in total. The number of hydrogen-bond acceptors (Lipinski definition) is 1. The van der Waals surface area contributed by atoms with Gasteiger partial charge in [-0.1, -0.05) is 23.8 Å². The molecule has 0 saturated heterocycles. The van der Waals surface area contributed by atoms with Gasteiger partial charge in [-0.25, -0.2) is 0 Å². The number of aliphatic hydroxyl groups excluding tert-OH is 1. The Morgan fingerprint density at radius 1 is 1.62 bits per heavy atom. The summed E-state index contributed by atoms with van der Waals surface area (Å²) < 4.78 is 0. The van der Waals surface area contributed by atoms with E-state index >= 15 is 0 Å². The summed E-state index contributed by atoms with van der Waals surface area (Å²) in [5.41, 5.74) is 1.18. The molecule has 0 saturated carbocycles. The van der Waals surface area contributed by atoms with Gasteiger partial charge in [0.1, 0.15) is 0 Å². The minimum atomic E-state index is 0.130. The van der Waals surface area contributed by atoms with Gasteiger partial charge in [-0.15, -0.1) is 0 Å². The smallest absolute Gasteiger partial charge is 0.0615 e. The van der Waals surface area contributed by atoms with Gasteiger partial charge < -0.3 is 5.11 Å². The van der Waals surface area contributed by atoms with Crippen LogP contribution in [0.4, 0.5) is 0 Å². The minimum Gasteiger partial charge on any atom is -0.392 e. The Hall–Kier alpha value is -0.560. The van der Waals surface area contributed by atoms with Gasteiger partial charge in [0.05, 0.1) is 6.61 Å². The Morgan fingerprint density at radius 2 is 2.25 bits per heavy atom. The highest BCUT2D eigenvalue weighted by atomic mass is 16.2. The number of aliphatic hydroxyl groups is 1. The van der Waals surface area contributed by atoms with E-state index in [0.717, 1.165) is 0 Å². The van der Waals surface area contributed by atoms with Crippen LogP contribution in [0.15, 0.2) is 23.8 Å². The fraction of sp³-hybridized carbons (Fsp3) is 0.429. The second-order valence-electron chi connectivity index (χ2n) is 1.62. The molecule has 0 aliphatic rings. The summed E-state index contributed by atoms with van der Waals surface area (Å²) >= 11 is 0. The lowest BCUT2D eigenvalue weighted by Gasteiger charge is -1.83. The van der Waals surface area contributed by atoms with Crippen LogP contribution in [0.1, 0.15) is 13.8 Å². The Kier molecular flexibility index (Phi) is 4.27. The van der Waals surface area contributed by atoms with Crippen molar-refractivity contribution in [2.45, 2.75) is 13.8 Å². The zero-order valence-corrected chi connectivity index (χ0v) is 5.39. The lowest BCUT2D eigenvalue weighted by Crippen LogP contribution is -1.71. The van der Waals surface area contributed by atoms with Crippen LogP contribution in [0, 0.1) is 0 Å². The standard InChI is InChI=1S/C7H12O/c1-3-7(2)5-4-6-8/h3-5,8H,6H2,1-2H3. The molecule has 0 bridgehead atoms. The van der Waals surface area contributed by atoms with Crippen LogP contribution in [-0.2, 0) is 0 Å². The summed E-state index contributed by atoms with van der Waals surface area (Å²) in [6.07, 6.45) is 5.60. The first-order valence-electron chi connectivity index (χ1n) is 2.71. The van der Waals surface area contributed by atoms with Crippen molar-refractivity contribution in [2.75, 3.05) is 6.61 Å². The molecular formula is C7H12O. The summed E-state index contributed by atoms with van der Waals surface area (Å²) in [6, 6.07) is 0. The largest absolute Gasteiger partial charge is 0.392 e. The van der Waals surface area contributed by atoms with Crippen LogP contribution >= 0.6 is 0 Å². The third kappa shape index (κ3) is 3.62. The number of allylic oxidation sites excluding steroid dienone is 3. The molecule has 0 aliphatic carbocycles. The van der Waals surface area contributed by atoms with Crippen molar-refractivity contribution in [3.63, 3.8) is 0 Å². The fourth-order valence-electron chi connectivity index (χ4n) is 0.335. The van der Waals surface area contributed by atoms with Gasteiger partial charge >= 0.3 is 0 Å². The molecule has 0 atom stereocenters. The third-order valence-electron chi connectivity index (χ3n) is 0.941. The van der Waals surface area contributed by atoms with E-state index in [2.05, 4.69) is 0 Å². The summed E-state index contributed by atoms with van der Waals surface area (Å²) in [4.78, 5) is 0. The SMILES string of the molecule is CC=C(C)C=CCO. The molecular weight excluding hydrogens is 100 g/mol. The maximum atomic E-state index is 8.30. The highest BCUT2D eigenvalue weighted by Gasteiger charge is 1.72. The first-order chi connectivity index (χ1) is 3.81. The topological polar surface area (TPSA) is 20.2 Å². The average molecular weight is 112 g/mol. The van der Waals surface area contributed by atoms with Gasteiger partial charge in [0.25, 0.3) is 0 Å². The van der Waals surface area contributed by atoms with Crippen molar-refractivity contribution >= 4 is 0 Å². The number of hydrogen-bond donors (Lipinski definition) is 1. The highest BCUT2D eigenvalue weighted by molar-refractivity contribution is 5.14. The monoisotopic (exact) mass is 112 g/mol. The Bertz CT molecular complexity index is 101. The Balaban J connectivity index is 3.53. The van der Waals surface area contributed by atoms with Crippen LogP contribution < -0.4 is 0 Å². The molecule has 0 aliphatic heterocycles. The van der Waals surface area contributed by atoms with Gasteiger partial charge in [0.15, 0.2) is 0 Å². The Labute approximate surface area is 50.3 Å². The van der Waals surface area contributed by atoms with E-state index in [0.29, 0.717) is 0 Å². The van der Waals surface area contributed by atoms with Crippen LogP contribution in [0.3, 0.4) is 0 Å². The van der Waals surface area contributed by atoms with Gasteiger partial charge in [-0.3, -0.25) is 0 Å². The van der Waals surface area contributed by atoms with E-state index in [1.807, 2.05) is 26.0 Å². The predicted octanol–water partition coefficient (Wildman–Crippen LogP) is 1.50. The zero-order valence-electron chi connectivity index (χ0n) is 5.39. The second kappa shape index (κ2) is 4.60. The molecule has 0 aromatic rings. The average Bonchev–Trinajstić information content (AvgIpc) is 1.83. The zero-order chi connectivity index (χ0) is 6.41. The first kappa shape index (κ1) is 7.44. The fourth-order valence-corrected chi connectivity index (χ4v) is 0.335. The van der Waals surface area contributed by atoms with Crippen molar-refractivity contribution in [3.8, 4) is 0 Å². The first-order valence-corrected chi connectivity index (χ1v) is 2.71. The van der Waals surface area contributed by atoms with E-state index in [9.17, 15) is 0 Å². The van der Waals surface area contributed by atoms with Gasteiger partial charge in [-0.2, -0.15) is 0 Å². The molecule has 8 heavy (non-hydrogen) atoms. The molecule has 0 heterocycles. The molecule has 0 rings (SSSR count). The van der Waals surface area contributed by atoms with E-state index in [1.54, 1.807) is 6.08 Å². The summed E-state index contributed by atoms with van der Waals surface area (Å²) in [6.45, 7) is 4.09. The molecule has 46 valence electrons. The summed E-state index contributed by atoms with van der Waals surface area (Å²) in [7, 11) is 0. The lowest BCUT2D eigenvalue weighted by atomic mass is 10.3. The van der Waals surface area contributed by atoms with Crippen molar-refractivity contribution in [1.82, 2.24) is 0 Å². The predicted molar refractivity (Wildman–Crippen MR) is 35.7 cm³/mol. The van der Waals surface area contributed by atoms with Gasteiger partial charge in [0, 0.05) is 0 Å². The molecule has 0 spiro atoms. The maximum Gasteiger partial charge on any atom is 0.0615 e. The van der Waals surface area contributed by atoms with Crippen LogP contribution in [0.2, 0.25) is 0 Å². The van der Waals surface area contributed by atoms with Crippen molar-refractivity contribution in [1.29, 1.82) is 0 Å². The van der Waals surface area contributed by atoms with E-state index in [4.69, 9.17) is 5.11 Å². The van der Waals surface area contributed by atoms with Crippen molar-refractivity contribution < 1.29 is 5.11 Å². The molecule has 1 N–H and O–H groups in total. The molecule has 0 unspecified atom stereocenters. The van der Waals surface area contributed by atoms with E-state index in [-0.39, 0.29) is 6.61 Å². The van der Waals surface area contributed by atoms with Gasteiger partial charge in [0.2, 0.25) is 0 Å². The molecule has 1 heteroatoms. The van der Waals surface area contributed by atoms with Crippen LogP contribution in [0.25, 0.3) is 0 Å². The minimum absolute atomic E-state index is 0.130. The van der Waals surface area contributed by atoms with Crippen LogP contribution in [0.5, 0.6) is 0 Å². The lowest BCUT2D eigenvalue weighted by molar-refractivity contribution is 0.342. The second-order valence-corrected chi connectivity index (χ2v) is 1.62. The molecule has 0 amide bonds. The van der Waals surface area contributed by atoms with E-state index in [1.165, 1.54) is 5.57 Å². The van der Waals surface area contributed by atoms with Crippen molar-refractivity contribution in [3.05, 3.63) is 23.8 Å². The van der Waals surface area contributed by atoms with Crippen LogP contribution in [-0.4, -0.2) is 11.7 Å². The molecule has 0 aromatic carbocycles. The quantitative estimate of drug-likeness (QED) is 0.537. The van der Waals surface area contributed by atoms with Crippen molar-refractivity contribution in [2.24, 2.45) is 0 Å². The summed E-state index contributed by atoms with van der Waals surface area (Å²) in [5, 5.41) is 8.30. The third-order valence-corrected chi connectivity index (χ3v) is 0.941. The Morgan fingerprint density at radius 3 is 2.62 bits per heavy atom. The highest BCUT2D eigenvalue weighted by Crippen LogP contribution is 1.91. The summed E-state index contributed by atoms with van der Waals surface area (Å²) in [5.74, 6) is 0. The maximum absolute atomic E-state index is 8.30. The van der Waals surface area contributed by atoms with Gasteiger partial charge in [-0.05, 0) is 13.8 Å². The number of rotatable bonds is 2. The molecule has 0 aromatic heterocycles. The normalized spacial score (nSPS) is 13.1.